The second kappa shape index (κ2) is 14.7. The molecule has 1 fully saturated rings. The number of halogens is 7. The number of benzene rings is 2. The van der Waals surface area contributed by atoms with Crippen LogP contribution in [-0.2, 0) is 35.5 Å². The molecule has 18 heteroatoms. The third kappa shape index (κ3) is 7.51. The number of anilines is 1. The third-order valence-electron chi connectivity index (χ3n) is 10.0. The maximum absolute atomic E-state index is 15.6. The van der Waals surface area contributed by atoms with Gasteiger partial charge in [0.15, 0.2) is 5.82 Å². The number of aliphatic hydroxyl groups is 1. The number of hydrogen-bond donors (Lipinski definition) is 3. The number of methoxy groups -OCH3 is 1. The zero-order valence-corrected chi connectivity index (χ0v) is 31.5. The van der Waals surface area contributed by atoms with Crippen LogP contribution < -0.4 is 10.6 Å². The van der Waals surface area contributed by atoms with Crippen LogP contribution in [-0.4, -0.2) is 54.4 Å². The summed E-state index contributed by atoms with van der Waals surface area (Å²) in [7, 11) is 2.74. The lowest BCUT2D eigenvalue weighted by Gasteiger charge is -2.34. The number of fused-ring (bicyclic) bond motifs is 4. The van der Waals surface area contributed by atoms with E-state index < -0.39 is 77.4 Å². The van der Waals surface area contributed by atoms with Crippen molar-refractivity contribution in [3.63, 3.8) is 0 Å². The molecule has 3 heterocycles. The van der Waals surface area contributed by atoms with Crippen molar-refractivity contribution in [3.8, 4) is 23.0 Å². The van der Waals surface area contributed by atoms with Crippen LogP contribution in [0, 0.1) is 29.4 Å². The Morgan fingerprint density at radius 2 is 1.77 bits per heavy atom. The summed E-state index contributed by atoms with van der Waals surface area (Å²) in [6.45, 7) is 2.00. The molecule has 3 atom stereocenters. The van der Waals surface area contributed by atoms with E-state index in [9.17, 15) is 32.3 Å². The lowest BCUT2D eigenvalue weighted by Crippen LogP contribution is -2.36. The molecule has 0 spiro atoms. The molecule has 0 radical (unpaired) electrons. The lowest BCUT2D eigenvalue weighted by molar-refractivity contribution is -0.123. The summed E-state index contributed by atoms with van der Waals surface area (Å²) in [6, 6.07) is 7.71. The van der Waals surface area contributed by atoms with E-state index in [1.807, 2.05) is 0 Å². The van der Waals surface area contributed by atoms with E-state index in [1.165, 1.54) is 37.8 Å². The fraction of sp³-hybridized carbons (Fsp3) is 0.359. The van der Waals surface area contributed by atoms with Gasteiger partial charge in [0.05, 0.1) is 34.8 Å². The average molecular weight is 814 g/mol. The smallest absolute Gasteiger partial charge is 0.412 e. The van der Waals surface area contributed by atoms with Gasteiger partial charge in [-0.15, -0.1) is 0 Å². The van der Waals surface area contributed by atoms with Gasteiger partial charge in [0.1, 0.15) is 40.9 Å². The second-order valence-electron chi connectivity index (χ2n) is 14.5. The van der Waals surface area contributed by atoms with Crippen LogP contribution in [0.2, 0.25) is 5.02 Å². The highest BCUT2D eigenvalue weighted by Gasteiger charge is 2.62. The molecule has 3 aromatic heterocycles. The minimum atomic E-state index is -3.51. The molecule has 2 aromatic carbocycles. The molecule has 3 unspecified atom stereocenters. The van der Waals surface area contributed by atoms with Crippen LogP contribution in [0.25, 0.3) is 22.0 Å². The quantitative estimate of drug-likeness (QED) is 0.103. The molecule has 11 nitrogen and oxygen atoms in total. The molecule has 298 valence electrons. The molecule has 57 heavy (non-hydrogen) atoms. The Morgan fingerprint density at radius 3 is 2.40 bits per heavy atom. The van der Waals surface area contributed by atoms with E-state index in [2.05, 4.69) is 32.7 Å². The number of aryl methyl sites for hydroxylation is 1. The zero-order valence-electron chi connectivity index (χ0n) is 30.7. The molecule has 7 rings (SSSR count). The van der Waals surface area contributed by atoms with Gasteiger partial charge in [-0.05, 0) is 80.8 Å². The van der Waals surface area contributed by atoms with Gasteiger partial charge in [-0.2, -0.15) is 19.0 Å². The van der Waals surface area contributed by atoms with Crippen LogP contribution >= 0.6 is 11.6 Å². The highest BCUT2D eigenvalue weighted by molar-refractivity contribution is 6.37. The summed E-state index contributed by atoms with van der Waals surface area (Å²) in [5, 5.41) is 24.2. The summed E-state index contributed by atoms with van der Waals surface area (Å²) in [5.41, 5.74) is -1.92. The molecule has 1 saturated carbocycles. The van der Waals surface area contributed by atoms with Gasteiger partial charge in [-0.25, -0.2) is 27.3 Å². The van der Waals surface area contributed by atoms with E-state index in [1.54, 1.807) is 19.2 Å². The van der Waals surface area contributed by atoms with Crippen LogP contribution in [0.15, 0.2) is 42.5 Å². The van der Waals surface area contributed by atoms with Gasteiger partial charge >= 0.3 is 6.09 Å². The van der Waals surface area contributed by atoms with Crippen molar-refractivity contribution in [2.45, 2.75) is 69.6 Å². The number of aromatic nitrogens is 5. The number of pyridine rings is 1. The van der Waals surface area contributed by atoms with E-state index in [0.29, 0.717) is 32.8 Å². The van der Waals surface area contributed by atoms with Gasteiger partial charge in [-0.3, -0.25) is 19.5 Å². The Morgan fingerprint density at radius 1 is 1.07 bits per heavy atom. The van der Waals surface area contributed by atoms with Gasteiger partial charge < -0.3 is 15.2 Å². The maximum Gasteiger partial charge on any atom is 0.412 e. The fourth-order valence-corrected chi connectivity index (χ4v) is 7.83. The second-order valence-corrected chi connectivity index (χ2v) is 14.9. The Balaban J connectivity index is 1.38. The standard InChI is InChI=1S/C39H34ClF6N7O4/c1-38(2,56)12-11-21-5-6-22(23-8-10-26(40)30-33(23)52(3)51-36(30)49-37(55)57-4)31(47-21)27(15-18-13-19(41)16-20(42)14-18)48-28(54)17-53-34-29(32(50-53)35(43)44)24-7-9-25(24)39(34,45)46/h5-6,8,10,13-14,16,24-25,27,35,56H,7,9,15,17H2,1-4H3,(H,48,54)(H,49,51,55). The lowest BCUT2D eigenvalue weighted by atomic mass is 9.73. The van der Waals surface area contributed by atoms with E-state index in [4.69, 9.17) is 21.3 Å². The van der Waals surface area contributed by atoms with Gasteiger partial charge in [0, 0.05) is 35.7 Å². The normalized spacial score (nSPS) is 17.4. The number of amides is 2. The van der Waals surface area contributed by atoms with E-state index in [0.717, 1.165) is 12.1 Å². The van der Waals surface area contributed by atoms with Crippen LogP contribution in [0.1, 0.15) is 79.0 Å². The molecule has 2 aliphatic carbocycles. The average Bonchev–Trinajstić information content (AvgIpc) is 3.68. The predicted molar refractivity (Wildman–Crippen MR) is 196 cm³/mol. The number of carbonyl (C=O) groups is 2. The number of nitrogens with one attached hydrogen (secondary N) is 2. The molecular formula is C39H34ClF6N7O4. The van der Waals surface area contributed by atoms with Crippen molar-refractivity contribution in [1.29, 1.82) is 0 Å². The van der Waals surface area contributed by atoms with Gasteiger partial charge in [0.25, 0.3) is 12.3 Å². The number of ether oxygens (including phenoxy) is 1. The molecule has 2 aliphatic rings. The minimum absolute atomic E-state index is 0.0496. The molecule has 2 amide bonds. The molecule has 5 aromatic rings. The van der Waals surface area contributed by atoms with E-state index in [-0.39, 0.29) is 52.6 Å². The van der Waals surface area contributed by atoms with Crippen LogP contribution in [0.4, 0.5) is 37.0 Å². The minimum Gasteiger partial charge on any atom is -0.453 e. The fourth-order valence-electron chi connectivity index (χ4n) is 7.58. The Bertz CT molecular complexity index is 2480. The Kier molecular flexibility index (Phi) is 10.2. The summed E-state index contributed by atoms with van der Waals surface area (Å²) in [6.07, 6.45) is -3.90. The first kappa shape index (κ1) is 39.6. The molecule has 0 aliphatic heterocycles. The topological polar surface area (TPSA) is 136 Å². The van der Waals surface area contributed by atoms with Crippen molar-refractivity contribution in [2.75, 3.05) is 12.4 Å². The van der Waals surface area contributed by atoms with Crippen molar-refractivity contribution in [1.82, 2.24) is 29.9 Å². The van der Waals surface area contributed by atoms with Crippen molar-refractivity contribution < 1.29 is 45.8 Å². The number of carbonyl (C=O) groups excluding carboxylic acids is 2. The molecular weight excluding hydrogens is 780 g/mol. The number of rotatable bonds is 9. The monoisotopic (exact) mass is 813 g/mol. The Hall–Kier alpha value is -5.60. The van der Waals surface area contributed by atoms with Gasteiger partial charge in [0.2, 0.25) is 5.91 Å². The Labute approximate surface area is 326 Å². The summed E-state index contributed by atoms with van der Waals surface area (Å²) in [4.78, 5) is 30.9. The SMILES string of the molecule is COC(=O)Nc1nn(C)c2c(-c3ccc(C#CC(C)(C)O)nc3C(Cc3cc(F)cc(F)c3)NC(=O)Cn3nc(C(F)F)c4c3C(F)(F)C3CCC43)ccc(Cl)c12. The largest absolute Gasteiger partial charge is 0.453 e. The van der Waals surface area contributed by atoms with Crippen molar-refractivity contribution in [3.05, 3.63) is 93.0 Å². The number of nitrogens with zero attached hydrogens (tertiary/aromatic N) is 5. The van der Waals surface area contributed by atoms with Crippen molar-refractivity contribution in [2.24, 2.45) is 13.0 Å². The number of hydrogen-bond acceptors (Lipinski definition) is 7. The van der Waals surface area contributed by atoms with Crippen LogP contribution in [0.5, 0.6) is 0 Å². The zero-order chi connectivity index (χ0) is 41.1. The highest BCUT2D eigenvalue weighted by atomic mass is 35.5. The summed E-state index contributed by atoms with van der Waals surface area (Å²) < 4.78 is 95.5. The predicted octanol–water partition coefficient (Wildman–Crippen LogP) is 7.70. The maximum atomic E-state index is 15.6. The van der Waals surface area contributed by atoms with Crippen LogP contribution in [0.3, 0.4) is 0 Å². The summed E-state index contributed by atoms with van der Waals surface area (Å²) >= 11 is 6.62. The first-order chi connectivity index (χ1) is 26.9. The van der Waals surface area contributed by atoms with E-state index >= 15 is 8.78 Å². The number of alkyl halides is 4. The molecule has 0 bridgehead atoms. The molecule has 3 N–H and O–H groups in total. The highest BCUT2D eigenvalue weighted by Crippen LogP contribution is 2.63. The third-order valence-corrected chi connectivity index (χ3v) is 10.3. The molecule has 0 saturated heterocycles. The first-order valence-electron chi connectivity index (χ1n) is 17.6. The first-order valence-corrected chi connectivity index (χ1v) is 18.0. The van der Waals surface area contributed by atoms with Gasteiger partial charge in [-0.1, -0.05) is 23.6 Å². The summed E-state index contributed by atoms with van der Waals surface area (Å²) in [5.74, 6) is -2.81. The van der Waals surface area contributed by atoms with Crippen molar-refractivity contribution >= 4 is 40.3 Å².